The van der Waals surface area contributed by atoms with Gasteiger partial charge in [0.2, 0.25) is 5.91 Å². The van der Waals surface area contributed by atoms with Crippen LogP contribution in [0.25, 0.3) is 0 Å². The molecule has 15 heavy (non-hydrogen) atoms. The SMILES string of the molecule is CC(C)CC(=O)CN(C)C(=O)CCC=O. The van der Waals surface area contributed by atoms with Crippen molar-refractivity contribution in [2.24, 2.45) is 5.92 Å². The first-order valence-corrected chi connectivity index (χ1v) is 5.16. The molecule has 0 heterocycles. The van der Waals surface area contributed by atoms with Crippen molar-refractivity contribution in [3.05, 3.63) is 0 Å². The standard InChI is InChI=1S/C11H19NO3/c1-9(2)7-10(14)8-12(3)11(15)5-4-6-13/h6,9H,4-5,7-8H2,1-3H3. The van der Waals surface area contributed by atoms with Gasteiger partial charge in [0.25, 0.3) is 0 Å². The van der Waals surface area contributed by atoms with E-state index in [1.54, 1.807) is 7.05 Å². The highest BCUT2D eigenvalue weighted by molar-refractivity contribution is 5.86. The minimum absolute atomic E-state index is 0.0620. The Morgan fingerprint density at radius 3 is 2.40 bits per heavy atom. The van der Waals surface area contributed by atoms with E-state index >= 15 is 0 Å². The largest absolute Gasteiger partial charge is 0.338 e. The number of ketones is 1. The molecule has 0 unspecified atom stereocenters. The summed E-state index contributed by atoms with van der Waals surface area (Å²) in [6.07, 6.45) is 1.61. The molecule has 1 amide bonds. The molecule has 0 aliphatic rings. The second-order valence-electron chi connectivity index (χ2n) is 4.09. The number of hydrogen-bond acceptors (Lipinski definition) is 3. The van der Waals surface area contributed by atoms with Gasteiger partial charge in [-0.25, -0.2) is 0 Å². The van der Waals surface area contributed by atoms with Gasteiger partial charge in [-0.1, -0.05) is 13.8 Å². The summed E-state index contributed by atoms with van der Waals surface area (Å²) in [6.45, 7) is 4.08. The molecule has 0 aliphatic heterocycles. The van der Waals surface area contributed by atoms with E-state index in [1.165, 1.54) is 4.90 Å². The zero-order valence-corrected chi connectivity index (χ0v) is 9.66. The molecule has 4 heteroatoms. The Balaban J connectivity index is 3.90. The minimum atomic E-state index is -0.154. The number of likely N-dealkylation sites (N-methyl/N-ethyl adjacent to an activating group) is 1. The third kappa shape index (κ3) is 6.82. The maximum atomic E-state index is 11.4. The van der Waals surface area contributed by atoms with Crippen molar-refractivity contribution < 1.29 is 14.4 Å². The number of aldehydes is 1. The van der Waals surface area contributed by atoms with Crippen LogP contribution in [0.5, 0.6) is 0 Å². The van der Waals surface area contributed by atoms with Gasteiger partial charge in [0.1, 0.15) is 6.29 Å². The first-order chi connectivity index (χ1) is 6.97. The summed E-state index contributed by atoms with van der Waals surface area (Å²) in [5.74, 6) is 0.224. The van der Waals surface area contributed by atoms with E-state index in [2.05, 4.69) is 0 Å². The highest BCUT2D eigenvalue weighted by Crippen LogP contribution is 2.02. The minimum Gasteiger partial charge on any atom is -0.338 e. The summed E-state index contributed by atoms with van der Waals surface area (Å²) in [6, 6.07) is 0. The van der Waals surface area contributed by atoms with Gasteiger partial charge in [-0.3, -0.25) is 9.59 Å². The number of hydrogen-bond donors (Lipinski definition) is 0. The molecule has 0 rings (SSSR count). The van der Waals surface area contributed by atoms with E-state index in [0.29, 0.717) is 18.6 Å². The highest BCUT2D eigenvalue weighted by Gasteiger charge is 2.13. The molecule has 0 aromatic rings. The number of carbonyl (C=O) groups is 3. The molecule has 0 N–H and O–H groups in total. The number of nitrogens with zero attached hydrogens (tertiary/aromatic N) is 1. The van der Waals surface area contributed by atoms with Gasteiger partial charge in [-0.15, -0.1) is 0 Å². The average Bonchev–Trinajstić information content (AvgIpc) is 2.12. The van der Waals surface area contributed by atoms with Gasteiger partial charge in [-0.05, 0) is 5.92 Å². The predicted molar refractivity (Wildman–Crippen MR) is 57.4 cm³/mol. The molecule has 0 radical (unpaired) electrons. The van der Waals surface area contributed by atoms with Crippen LogP contribution in [-0.4, -0.2) is 36.5 Å². The summed E-state index contributed by atoms with van der Waals surface area (Å²) in [5, 5.41) is 0. The Morgan fingerprint density at radius 2 is 1.93 bits per heavy atom. The highest BCUT2D eigenvalue weighted by atomic mass is 16.2. The summed E-state index contributed by atoms with van der Waals surface area (Å²) in [5.41, 5.74) is 0. The van der Waals surface area contributed by atoms with Crippen LogP contribution in [0.1, 0.15) is 33.1 Å². The van der Waals surface area contributed by atoms with Crippen LogP contribution in [0.15, 0.2) is 0 Å². The summed E-state index contributed by atoms with van der Waals surface area (Å²) >= 11 is 0. The maximum absolute atomic E-state index is 11.4. The van der Waals surface area contributed by atoms with Gasteiger partial charge in [0.05, 0.1) is 6.54 Å². The van der Waals surface area contributed by atoms with Crippen molar-refractivity contribution in [1.82, 2.24) is 4.90 Å². The van der Waals surface area contributed by atoms with Crippen LogP contribution >= 0.6 is 0 Å². The van der Waals surface area contributed by atoms with E-state index in [1.807, 2.05) is 13.8 Å². The Kier molecular flexibility index (Phi) is 6.58. The number of amides is 1. The van der Waals surface area contributed by atoms with Crippen molar-refractivity contribution in [3.63, 3.8) is 0 Å². The first kappa shape index (κ1) is 13.8. The van der Waals surface area contributed by atoms with Crippen molar-refractivity contribution in [2.75, 3.05) is 13.6 Å². The molecule has 0 fully saturated rings. The van der Waals surface area contributed by atoms with Gasteiger partial charge in [-0.2, -0.15) is 0 Å². The van der Waals surface area contributed by atoms with E-state index in [4.69, 9.17) is 0 Å². The molecule has 86 valence electrons. The summed E-state index contributed by atoms with van der Waals surface area (Å²) < 4.78 is 0. The molecule has 0 bridgehead atoms. The lowest BCUT2D eigenvalue weighted by atomic mass is 10.1. The number of Topliss-reactive ketones (excluding diaryl/α,β-unsaturated/α-hetero) is 1. The van der Waals surface area contributed by atoms with Gasteiger partial charge in [0, 0.05) is 26.3 Å². The van der Waals surface area contributed by atoms with E-state index < -0.39 is 0 Å². The van der Waals surface area contributed by atoms with E-state index in [0.717, 1.165) is 0 Å². The number of rotatable bonds is 7. The molecule has 4 nitrogen and oxygen atoms in total. The van der Waals surface area contributed by atoms with Crippen LogP contribution < -0.4 is 0 Å². The smallest absolute Gasteiger partial charge is 0.223 e. The number of carbonyl (C=O) groups excluding carboxylic acids is 3. The Morgan fingerprint density at radius 1 is 1.33 bits per heavy atom. The molecule has 0 atom stereocenters. The normalized spacial score (nSPS) is 10.1. The maximum Gasteiger partial charge on any atom is 0.223 e. The molecular formula is C11H19NO3. The fourth-order valence-corrected chi connectivity index (χ4v) is 1.25. The fraction of sp³-hybridized carbons (Fsp3) is 0.727. The van der Waals surface area contributed by atoms with Crippen molar-refractivity contribution in [2.45, 2.75) is 33.1 Å². The molecule has 0 aromatic heterocycles. The molecule has 0 saturated heterocycles. The Hall–Kier alpha value is -1.19. The first-order valence-electron chi connectivity index (χ1n) is 5.16. The van der Waals surface area contributed by atoms with Crippen molar-refractivity contribution in [3.8, 4) is 0 Å². The van der Waals surface area contributed by atoms with Crippen molar-refractivity contribution >= 4 is 18.0 Å². The van der Waals surface area contributed by atoms with Gasteiger partial charge < -0.3 is 9.69 Å². The second-order valence-corrected chi connectivity index (χ2v) is 4.09. The lowest BCUT2D eigenvalue weighted by Crippen LogP contribution is -2.32. The van der Waals surface area contributed by atoms with E-state index in [-0.39, 0.29) is 31.1 Å². The van der Waals surface area contributed by atoms with Gasteiger partial charge in [0.15, 0.2) is 5.78 Å². The van der Waals surface area contributed by atoms with Crippen molar-refractivity contribution in [1.29, 1.82) is 0 Å². The quantitative estimate of drug-likeness (QED) is 0.594. The van der Waals surface area contributed by atoms with E-state index in [9.17, 15) is 14.4 Å². The summed E-state index contributed by atoms with van der Waals surface area (Å²) in [4.78, 5) is 34.2. The third-order valence-corrected chi connectivity index (χ3v) is 1.95. The molecule has 0 saturated carbocycles. The topological polar surface area (TPSA) is 54.5 Å². The molecule has 0 aromatic carbocycles. The van der Waals surface area contributed by atoms with Crippen LogP contribution in [-0.2, 0) is 14.4 Å². The second kappa shape index (κ2) is 7.15. The molecular weight excluding hydrogens is 194 g/mol. The average molecular weight is 213 g/mol. The lowest BCUT2D eigenvalue weighted by Gasteiger charge is -2.16. The zero-order chi connectivity index (χ0) is 11.8. The Labute approximate surface area is 90.6 Å². The van der Waals surface area contributed by atoms with Gasteiger partial charge >= 0.3 is 0 Å². The van der Waals surface area contributed by atoms with Crippen LogP contribution in [0.2, 0.25) is 0 Å². The molecule has 0 spiro atoms. The predicted octanol–water partition coefficient (Wildman–Crippen LogP) is 1.04. The Bertz CT molecular complexity index is 236. The third-order valence-electron chi connectivity index (χ3n) is 1.95. The van der Waals surface area contributed by atoms with Crippen LogP contribution in [0.4, 0.5) is 0 Å². The van der Waals surface area contributed by atoms with Crippen LogP contribution in [0.3, 0.4) is 0 Å². The lowest BCUT2D eigenvalue weighted by molar-refractivity contribution is -0.134. The molecule has 0 aliphatic carbocycles. The van der Waals surface area contributed by atoms with Crippen LogP contribution in [0, 0.1) is 5.92 Å². The zero-order valence-electron chi connectivity index (χ0n) is 9.66. The summed E-state index contributed by atoms with van der Waals surface area (Å²) in [7, 11) is 1.59. The monoisotopic (exact) mass is 213 g/mol. The fourth-order valence-electron chi connectivity index (χ4n) is 1.25.